The summed E-state index contributed by atoms with van der Waals surface area (Å²) in [5.74, 6) is 1.65. The third-order valence-corrected chi connectivity index (χ3v) is 2.82. The standard InChI is InChI=1S/C18H29NO/c1-9-10-11-12-17(14(2)3)20-18(15(4)5)13-19(8)16(6)7/h9-13,16H,4H2,1-3,5-8H3. The van der Waals surface area contributed by atoms with Crippen LogP contribution in [0.2, 0.25) is 0 Å². The molecular weight excluding hydrogens is 246 g/mol. The van der Waals surface area contributed by atoms with E-state index in [4.69, 9.17) is 4.74 Å². The maximum atomic E-state index is 6.02. The summed E-state index contributed by atoms with van der Waals surface area (Å²) in [6.45, 7) is 16.3. The van der Waals surface area contributed by atoms with E-state index in [9.17, 15) is 0 Å². The van der Waals surface area contributed by atoms with Crippen molar-refractivity contribution in [1.82, 2.24) is 4.90 Å². The lowest BCUT2D eigenvalue weighted by Gasteiger charge is -2.21. The highest BCUT2D eigenvalue weighted by molar-refractivity contribution is 5.28. The van der Waals surface area contributed by atoms with Crippen LogP contribution < -0.4 is 0 Å². The number of nitrogens with zero attached hydrogens (tertiary/aromatic N) is 1. The molecule has 0 bridgehead atoms. The van der Waals surface area contributed by atoms with Crippen LogP contribution in [0.1, 0.15) is 41.5 Å². The summed E-state index contributed by atoms with van der Waals surface area (Å²) in [5.41, 5.74) is 2.04. The molecule has 112 valence electrons. The average Bonchev–Trinajstić information content (AvgIpc) is 2.35. The van der Waals surface area contributed by atoms with E-state index in [-0.39, 0.29) is 0 Å². The molecule has 0 aliphatic carbocycles. The third-order valence-electron chi connectivity index (χ3n) is 2.82. The Morgan fingerprint density at radius 2 is 1.75 bits per heavy atom. The van der Waals surface area contributed by atoms with Crippen molar-refractivity contribution >= 4 is 0 Å². The number of hydrogen-bond acceptors (Lipinski definition) is 2. The molecular formula is C18H29NO. The second-order valence-corrected chi connectivity index (χ2v) is 5.38. The van der Waals surface area contributed by atoms with Crippen molar-refractivity contribution < 1.29 is 4.74 Å². The van der Waals surface area contributed by atoms with E-state index in [1.165, 1.54) is 0 Å². The largest absolute Gasteiger partial charge is 0.456 e. The minimum Gasteiger partial charge on any atom is -0.456 e. The lowest BCUT2D eigenvalue weighted by Crippen LogP contribution is -2.21. The van der Waals surface area contributed by atoms with E-state index >= 15 is 0 Å². The van der Waals surface area contributed by atoms with Crippen molar-refractivity contribution in [2.75, 3.05) is 7.05 Å². The first kappa shape index (κ1) is 18.3. The monoisotopic (exact) mass is 275 g/mol. The number of ether oxygens (including phenoxy) is 1. The van der Waals surface area contributed by atoms with Crippen LogP contribution in [0.25, 0.3) is 0 Å². The molecule has 0 rings (SSSR count). The van der Waals surface area contributed by atoms with Crippen LogP contribution >= 0.6 is 0 Å². The Hall–Kier alpha value is -1.70. The van der Waals surface area contributed by atoms with Gasteiger partial charge in [-0.3, -0.25) is 0 Å². The van der Waals surface area contributed by atoms with Crippen molar-refractivity contribution in [3.05, 3.63) is 59.7 Å². The zero-order valence-corrected chi connectivity index (χ0v) is 14.0. The number of hydrogen-bond donors (Lipinski definition) is 0. The molecule has 0 spiro atoms. The molecule has 0 saturated heterocycles. The molecule has 0 aliphatic rings. The van der Waals surface area contributed by atoms with Gasteiger partial charge >= 0.3 is 0 Å². The van der Waals surface area contributed by atoms with Crippen LogP contribution in [-0.4, -0.2) is 18.0 Å². The summed E-state index contributed by atoms with van der Waals surface area (Å²) in [7, 11) is 2.04. The van der Waals surface area contributed by atoms with Gasteiger partial charge in [-0.2, -0.15) is 0 Å². The van der Waals surface area contributed by atoms with Crippen LogP contribution in [0.5, 0.6) is 0 Å². The highest BCUT2D eigenvalue weighted by Crippen LogP contribution is 2.19. The summed E-state index contributed by atoms with van der Waals surface area (Å²) in [6, 6.07) is 0.418. The van der Waals surface area contributed by atoms with Crippen molar-refractivity contribution in [3.8, 4) is 0 Å². The van der Waals surface area contributed by atoms with Gasteiger partial charge in [-0.15, -0.1) is 0 Å². The first-order valence-electron chi connectivity index (χ1n) is 7.03. The fourth-order valence-corrected chi connectivity index (χ4v) is 1.23. The molecule has 2 heteroatoms. The Morgan fingerprint density at radius 1 is 1.15 bits per heavy atom. The van der Waals surface area contributed by atoms with E-state index in [1.54, 1.807) is 0 Å². The van der Waals surface area contributed by atoms with Crippen LogP contribution in [0.4, 0.5) is 0 Å². The molecule has 0 fully saturated rings. The van der Waals surface area contributed by atoms with E-state index in [0.29, 0.717) is 6.04 Å². The highest BCUT2D eigenvalue weighted by Gasteiger charge is 2.07. The van der Waals surface area contributed by atoms with Crippen LogP contribution in [0, 0.1) is 0 Å². The van der Waals surface area contributed by atoms with E-state index < -0.39 is 0 Å². The fourth-order valence-electron chi connectivity index (χ4n) is 1.23. The Morgan fingerprint density at radius 3 is 2.15 bits per heavy atom. The van der Waals surface area contributed by atoms with Crippen molar-refractivity contribution in [2.45, 2.75) is 47.6 Å². The van der Waals surface area contributed by atoms with Gasteiger partial charge in [0.05, 0.1) is 0 Å². The first-order valence-corrected chi connectivity index (χ1v) is 7.03. The van der Waals surface area contributed by atoms with Gasteiger partial charge < -0.3 is 9.64 Å². The Labute approximate surface area is 124 Å². The molecule has 0 unspecified atom stereocenters. The van der Waals surface area contributed by atoms with Gasteiger partial charge in [0.2, 0.25) is 0 Å². The maximum absolute atomic E-state index is 6.02. The maximum Gasteiger partial charge on any atom is 0.145 e. The molecule has 0 aromatic rings. The number of rotatable bonds is 7. The summed E-state index contributed by atoms with van der Waals surface area (Å²) in [5, 5.41) is 0. The lowest BCUT2D eigenvalue weighted by molar-refractivity contribution is 0.295. The van der Waals surface area contributed by atoms with Crippen LogP contribution in [-0.2, 0) is 4.74 Å². The van der Waals surface area contributed by atoms with Gasteiger partial charge in [0.25, 0.3) is 0 Å². The van der Waals surface area contributed by atoms with Gasteiger partial charge in [-0.25, -0.2) is 0 Å². The van der Waals surface area contributed by atoms with Gasteiger partial charge in [-0.1, -0.05) is 24.8 Å². The smallest absolute Gasteiger partial charge is 0.145 e. The lowest BCUT2D eigenvalue weighted by atomic mass is 10.2. The third kappa shape index (κ3) is 7.03. The first-order chi connectivity index (χ1) is 9.29. The molecule has 0 saturated carbocycles. The molecule has 0 heterocycles. The Kier molecular flexibility index (Phi) is 8.46. The molecule has 2 nitrogen and oxygen atoms in total. The minimum absolute atomic E-state index is 0.418. The number of allylic oxidation sites excluding steroid dienone is 6. The van der Waals surface area contributed by atoms with Crippen molar-refractivity contribution in [3.63, 3.8) is 0 Å². The minimum atomic E-state index is 0.418. The SMILES string of the molecule is C=C(C)C(=CN(C)C(C)C)OC(C=CC=CC)=C(C)C. The Bertz CT molecular complexity index is 432. The van der Waals surface area contributed by atoms with Gasteiger partial charge in [-0.05, 0) is 58.8 Å². The van der Waals surface area contributed by atoms with E-state index in [2.05, 4.69) is 25.3 Å². The summed E-state index contributed by atoms with van der Waals surface area (Å²) in [4.78, 5) is 2.11. The molecule has 20 heavy (non-hydrogen) atoms. The average molecular weight is 275 g/mol. The zero-order chi connectivity index (χ0) is 15.7. The topological polar surface area (TPSA) is 12.5 Å². The molecule has 0 aromatic carbocycles. The second-order valence-electron chi connectivity index (χ2n) is 5.38. The molecule has 0 atom stereocenters. The molecule has 0 amide bonds. The summed E-state index contributed by atoms with van der Waals surface area (Å²) >= 11 is 0. The zero-order valence-electron chi connectivity index (χ0n) is 14.0. The second kappa shape index (κ2) is 9.24. The predicted molar refractivity (Wildman–Crippen MR) is 89.2 cm³/mol. The van der Waals surface area contributed by atoms with Gasteiger partial charge in [0.15, 0.2) is 0 Å². The Balaban J connectivity index is 5.24. The molecule has 0 radical (unpaired) electrons. The fraction of sp³-hybridized carbons (Fsp3) is 0.444. The highest BCUT2D eigenvalue weighted by atomic mass is 16.5. The predicted octanol–water partition coefficient (Wildman–Crippen LogP) is 5.19. The molecule has 0 N–H and O–H groups in total. The summed E-state index contributed by atoms with van der Waals surface area (Å²) in [6.07, 6.45) is 9.92. The molecule has 0 aromatic heterocycles. The normalized spacial score (nSPS) is 12.3. The van der Waals surface area contributed by atoms with Crippen LogP contribution in [0.3, 0.4) is 0 Å². The summed E-state index contributed by atoms with van der Waals surface area (Å²) < 4.78 is 6.02. The van der Waals surface area contributed by atoms with Crippen molar-refractivity contribution in [1.29, 1.82) is 0 Å². The van der Waals surface area contributed by atoms with Gasteiger partial charge in [0.1, 0.15) is 11.5 Å². The van der Waals surface area contributed by atoms with Crippen molar-refractivity contribution in [2.24, 2.45) is 0 Å². The van der Waals surface area contributed by atoms with Gasteiger partial charge in [0, 0.05) is 19.3 Å². The molecule has 0 aliphatic heterocycles. The van der Waals surface area contributed by atoms with E-state index in [1.807, 2.05) is 65.2 Å². The van der Waals surface area contributed by atoms with E-state index in [0.717, 1.165) is 22.7 Å². The quantitative estimate of drug-likeness (QED) is 0.468. The van der Waals surface area contributed by atoms with Crippen LogP contribution in [0.15, 0.2) is 59.7 Å².